The number of aryl methyl sites for hydroxylation is 2. The zero-order valence-electron chi connectivity index (χ0n) is 11.1. The Hall–Kier alpha value is -0.740. The van der Waals surface area contributed by atoms with Gasteiger partial charge >= 0.3 is 0 Å². The quantitative estimate of drug-likeness (QED) is 0.639. The van der Waals surface area contributed by atoms with E-state index in [1.54, 1.807) is 13.8 Å². The Labute approximate surface area is 114 Å². The van der Waals surface area contributed by atoms with Gasteiger partial charge in [-0.15, -0.1) is 0 Å². The Kier molecular flexibility index (Phi) is 5.47. The summed E-state index contributed by atoms with van der Waals surface area (Å²) in [6.45, 7) is 6.59. The van der Waals surface area contributed by atoms with Gasteiger partial charge < -0.3 is 5.32 Å². The van der Waals surface area contributed by atoms with Gasteiger partial charge in [-0.25, -0.2) is 8.42 Å². The normalized spacial score (nSPS) is 11.6. The number of hydrogen-bond acceptors (Lipinski definition) is 3. The first-order chi connectivity index (χ1) is 8.36. The topological polar surface area (TPSA) is 46.2 Å². The zero-order chi connectivity index (χ0) is 13.8. The van der Waals surface area contributed by atoms with Gasteiger partial charge in [0.05, 0.1) is 4.90 Å². The molecule has 0 radical (unpaired) electrons. The fourth-order valence-electron chi connectivity index (χ4n) is 2.04. The van der Waals surface area contributed by atoms with Gasteiger partial charge in [-0.2, -0.15) is 0 Å². The number of nitrogens with one attached hydrogen (secondary N) is 1. The highest BCUT2D eigenvalue weighted by atomic mass is 35.7. The molecule has 1 N–H and O–H groups in total. The van der Waals surface area contributed by atoms with Gasteiger partial charge in [0.25, 0.3) is 9.05 Å². The number of halogens is 1. The first-order valence-electron chi connectivity index (χ1n) is 6.16. The van der Waals surface area contributed by atoms with E-state index in [0.717, 1.165) is 18.7 Å². The molecule has 102 valence electrons. The van der Waals surface area contributed by atoms with E-state index < -0.39 is 9.05 Å². The minimum absolute atomic E-state index is 0.225. The van der Waals surface area contributed by atoms with Crippen LogP contribution in [0.15, 0.2) is 17.0 Å². The first kappa shape index (κ1) is 15.3. The summed E-state index contributed by atoms with van der Waals surface area (Å²) < 4.78 is 22.9. The SMILES string of the molecule is CCCCCNc1cc(C)c(S(=O)(=O)Cl)c(C)c1. The summed E-state index contributed by atoms with van der Waals surface area (Å²) in [6.07, 6.45) is 3.49. The van der Waals surface area contributed by atoms with Crippen molar-refractivity contribution in [2.75, 3.05) is 11.9 Å². The molecule has 0 aliphatic heterocycles. The number of hydrogen-bond donors (Lipinski definition) is 1. The summed E-state index contributed by atoms with van der Waals surface area (Å²) in [5, 5.41) is 3.30. The Morgan fingerprint density at radius 2 is 1.72 bits per heavy atom. The monoisotopic (exact) mass is 289 g/mol. The van der Waals surface area contributed by atoms with Gasteiger partial charge in [0.1, 0.15) is 0 Å². The maximum Gasteiger partial charge on any atom is 0.261 e. The zero-order valence-corrected chi connectivity index (χ0v) is 12.7. The predicted octanol–water partition coefficient (Wildman–Crippen LogP) is 3.83. The van der Waals surface area contributed by atoms with Crippen molar-refractivity contribution >= 4 is 25.4 Å². The van der Waals surface area contributed by atoms with Crippen molar-refractivity contribution in [1.29, 1.82) is 0 Å². The molecule has 0 spiro atoms. The minimum Gasteiger partial charge on any atom is -0.385 e. The van der Waals surface area contributed by atoms with E-state index in [2.05, 4.69) is 12.2 Å². The van der Waals surface area contributed by atoms with Gasteiger partial charge in [-0.05, 0) is 43.5 Å². The molecule has 0 bridgehead atoms. The highest BCUT2D eigenvalue weighted by molar-refractivity contribution is 8.13. The lowest BCUT2D eigenvalue weighted by atomic mass is 10.1. The van der Waals surface area contributed by atoms with E-state index in [0.29, 0.717) is 11.1 Å². The molecule has 0 aliphatic carbocycles. The summed E-state index contributed by atoms with van der Waals surface area (Å²) in [4.78, 5) is 0.225. The molecule has 0 aliphatic rings. The number of unbranched alkanes of at least 4 members (excludes halogenated alkanes) is 2. The second kappa shape index (κ2) is 6.43. The average molecular weight is 290 g/mol. The van der Waals surface area contributed by atoms with Gasteiger partial charge in [-0.1, -0.05) is 19.8 Å². The molecule has 18 heavy (non-hydrogen) atoms. The Bertz CT molecular complexity index is 489. The van der Waals surface area contributed by atoms with Crippen molar-refractivity contribution < 1.29 is 8.42 Å². The number of benzene rings is 1. The third-order valence-electron chi connectivity index (χ3n) is 2.81. The van der Waals surface area contributed by atoms with Crippen LogP contribution in [0, 0.1) is 13.8 Å². The second-order valence-corrected chi connectivity index (χ2v) is 7.01. The van der Waals surface area contributed by atoms with Crippen LogP contribution in [-0.2, 0) is 9.05 Å². The van der Waals surface area contributed by atoms with Crippen LogP contribution < -0.4 is 5.32 Å². The average Bonchev–Trinajstić information content (AvgIpc) is 2.21. The van der Waals surface area contributed by atoms with Crippen molar-refractivity contribution in [3.8, 4) is 0 Å². The molecular weight excluding hydrogens is 270 g/mol. The lowest BCUT2D eigenvalue weighted by Gasteiger charge is -2.11. The molecule has 0 amide bonds. The lowest BCUT2D eigenvalue weighted by Crippen LogP contribution is -2.04. The van der Waals surface area contributed by atoms with Crippen molar-refractivity contribution in [2.45, 2.75) is 44.9 Å². The predicted molar refractivity (Wildman–Crippen MR) is 77.0 cm³/mol. The highest BCUT2D eigenvalue weighted by Crippen LogP contribution is 2.27. The summed E-state index contributed by atoms with van der Waals surface area (Å²) in [7, 11) is 1.75. The van der Waals surface area contributed by atoms with E-state index in [-0.39, 0.29) is 4.90 Å². The molecule has 0 fully saturated rings. The smallest absolute Gasteiger partial charge is 0.261 e. The molecule has 1 aromatic carbocycles. The van der Waals surface area contributed by atoms with Crippen LogP contribution in [0.1, 0.15) is 37.3 Å². The molecule has 5 heteroatoms. The van der Waals surface area contributed by atoms with E-state index in [9.17, 15) is 8.42 Å². The van der Waals surface area contributed by atoms with Crippen LogP contribution in [0.25, 0.3) is 0 Å². The van der Waals surface area contributed by atoms with Crippen LogP contribution in [0.4, 0.5) is 5.69 Å². The molecule has 3 nitrogen and oxygen atoms in total. The highest BCUT2D eigenvalue weighted by Gasteiger charge is 2.17. The van der Waals surface area contributed by atoms with Gasteiger partial charge in [-0.3, -0.25) is 0 Å². The largest absolute Gasteiger partial charge is 0.385 e. The minimum atomic E-state index is -3.67. The second-order valence-electron chi connectivity index (χ2n) is 4.51. The molecule has 0 aromatic heterocycles. The number of anilines is 1. The Morgan fingerprint density at radius 1 is 1.17 bits per heavy atom. The Morgan fingerprint density at radius 3 is 2.17 bits per heavy atom. The maximum absolute atomic E-state index is 11.4. The van der Waals surface area contributed by atoms with E-state index in [1.165, 1.54) is 12.8 Å². The Balaban J connectivity index is 2.87. The van der Waals surface area contributed by atoms with Crippen LogP contribution in [0.3, 0.4) is 0 Å². The van der Waals surface area contributed by atoms with Gasteiger partial charge in [0.15, 0.2) is 0 Å². The molecule has 0 heterocycles. The van der Waals surface area contributed by atoms with E-state index in [1.807, 2.05) is 12.1 Å². The maximum atomic E-state index is 11.4. The molecule has 0 saturated heterocycles. The molecule has 0 saturated carbocycles. The lowest BCUT2D eigenvalue weighted by molar-refractivity contribution is 0.608. The van der Waals surface area contributed by atoms with Gasteiger partial charge in [0.2, 0.25) is 0 Å². The van der Waals surface area contributed by atoms with Crippen LogP contribution in [-0.4, -0.2) is 15.0 Å². The third kappa shape index (κ3) is 4.18. The third-order valence-corrected chi connectivity index (χ3v) is 4.41. The van der Waals surface area contributed by atoms with Crippen LogP contribution in [0.2, 0.25) is 0 Å². The van der Waals surface area contributed by atoms with E-state index in [4.69, 9.17) is 10.7 Å². The number of rotatable bonds is 6. The molecule has 0 unspecified atom stereocenters. The summed E-state index contributed by atoms with van der Waals surface area (Å²) >= 11 is 0. The summed E-state index contributed by atoms with van der Waals surface area (Å²) in [5.74, 6) is 0. The van der Waals surface area contributed by atoms with Crippen molar-refractivity contribution in [3.63, 3.8) is 0 Å². The van der Waals surface area contributed by atoms with E-state index >= 15 is 0 Å². The fourth-order valence-corrected chi connectivity index (χ4v) is 3.66. The van der Waals surface area contributed by atoms with Gasteiger partial charge in [0, 0.05) is 22.9 Å². The first-order valence-corrected chi connectivity index (χ1v) is 8.47. The van der Waals surface area contributed by atoms with Crippen LogP contribution in [0.5, 0.6) is 0 Å². The van der Waals surface area contributed by atoms with Crippen molar-refractivity contribution in [1.82, 2.24) is 0 Å². The van der Waals surface area contributed by atoms with Crippen molar-refractivity contribution in [2.24, 2.45) is 0 Å². The molecular formula is C13H20ClNO2S. The van der Waals surface area contributed by atoms with Crippen LogP contribution >= 0.6 is 10.7 Å². The molecule has 1 aromatic rings. The molecule has 0 atom stereocenters. The standard InChI is InChI=1S/C13H20ClNO2S/c1-4-5-6-7-15-12-8-10(2)13(11(3)9-12)18(14,16)17/h8-9,15H,4-7H2,1-3H3. The summed E-state index contributed by atoms with van der Waals surface area (Å²) in [5.41, 5.74) is 2.32. The fraction of sp³-hybridized carbons (Fsp3) is 0.538. The molecule has 1 rings (SSSR count). The van der Waals surface area contributed by atoms with Crippen molar-refractivity contribution in [3.05, 3.63) is 23.3 Å². The summed E-state index contributed by atoms with van der Waals surface area (Å²) in [6, 6.07) is 3.66.